The third kappa shape index (κ3) is 2.50. The highest BCUT2D eigenvalue weighted by Crippen LogP contribution is 2.36. The molecule has 0 amide bonds. The van der Waals surface area contributed by atoms with Crippen molar-refractivity contribution in [2.75, 3.05) is 6.61 Å². The van der Waals surface area contributed by atoms with Crippen LogP contribution in [0.2, 0.25) is 5.02 Å². The van der Waals surface area contributed by atoms with E-state index < -0.39 is 11.8 Å². The van der Waals surface area contributed by atoms with Crippen molar-refractivity contribution in [1.29, 1.82) is 0 Å². The lowest BCUT2D eigenvalue weighted by atomic mass is 9.93. The third-order valence-corrected chi connectivity index (χ3v) is 3.50. The number of hydrogen-bond donors (Lipinski definition) is 1. The predicted molar refractivity (Wildman–Crippen MR) is 77.4 cm³/mol. The van der Waals surface area contributed by atoms with E-state index in [1.807, 2.05) is 0 Å². The van der Waals surface area contributed by atoms with Gasteiger partial charge in [0.15, 0.2) is 0 Å². The van der Waals surface area contributed by atoms with Gasteiger partial charge in [-0.15, -0.1) is 0 Å². The van der Waals surface area contributed by atoms with Crippen LogP contribution in [0, 0.1) is 5.82 Å². The summed E-state index contributed by atoms with van der Waals surface area (Å²) in [6, 6.07) is 8.93. The number of fused-ring (bicyclic) bond motifs is 1. The molecule has 106 valence electrons. The van der Waals surface area contributed by atoms with Crippen molar-refractivity contribution in [2.24, 2.45) is 0 Å². The monoisotopic (exact) mass is 304 g/mol. The molecule has 1 N–H and O–H groups in total. The maximum absolute atomic E-state index is 14.1. The van der Waals surface area contributed by atoms with E-state index in [1.165, 1.54) is 18.2 Å². The summed E-state index contributed by atoms with van der Waals surface area (Å²) in [6.45, 7) is 0.302. The van der Waals surface area contributed by atoms with E-state index in [0.717, 1.165) is 0 Å². The Morgan fingerprint density at radius 1 is 1.19 bits per heavy atom. The summed E-state index contributed by atoms with van der Waals surface area (Å²) in [4.78, 5) is 11.1. The molecule has 2 aromatic carbocycles. The Morgan fingerprint density at radius 2 is 2.00 bits per heavy atom. The van der Waals surface area contributed by atoms with Crippen molar-refractivity contribution in [2.45, 2.75) is 0 Å². The molecule has 0 saturated heterocycles. The Bertz CT molecular complexity index is 768. The van der Waals surface area contributed by atoms with Gasteiger partial charge >= 0.3 is 5.97 Å². The number of ether oxygens (including phenoxy) is 1. The van der Waals surface area contributed by atoms with Crippen molar-refractivity contribution in [1.82, 2.24) is 0 Å². The minimum Gasteiger partial charge on any atom is -0.489 e. The fourth-order valence-corrected chi connectivity index (χ4v) is 2.45. The molecule has 1 aliphatic heterocycles. The minimum atomic E-state index is -1.04. The molecule has 0 saturated carbocycles. The van der Waals surface area contributed by atoms with Crippen LogP contribution < -0.4 is 4.74 Å². The predicted octanol–water partition coefficient (Wildman–Crippen LogP) is 4.00. The lowest BCUT2D eigenvalue weighted by molar-refractivity contribution is 0.0697. The molecular formula is C16H10ClFO3. The molecular weight excluding hydrogens is 295 g/mol. The fourth-order valence-electron chi connectivity index (χ4n) is 2.29. The van der Waals surface area contributed by atoms with E-state index in [9.17, 15) is 9.18 Å². The number of hydrogen-bond acceptors (Lipinski definition) is 2. The van der Waals surface area contributed by atoms with Gasteiger partial charge in [0.2, 0.25) is 0 Å². The topological polar surface area (TPSA) is 46.5 Å². The van der Waals surface area contributed by atoms with Crippen molar-refractivity contribution in [3.05, 3.63) is 70.0 Å². The summed E-state index contributed by atoms with van der Waals surface area (Å²) in [5.74, 6) is -0.964. The SMILES string of the molecule is O=C(O)c1ccc2c(c1)C(c1ccc(Cl)cc1F)=CCO2. The molecule has 0 radical (unpaired) electrons. The van der Waals surface area contributed by atoms with Crippen LogP contribution in [0.1, 0.15) is 21.5 Å². The first-order chi connectivity index (χ1) is 10.1. The summed E-state index contributed by atoms with van der Waals surface area (Å²) in [7, 11) is 0. The number of benzene rings is 2. The second-order valence-electron chi connectivity index (χ2n) is 4.57. The molecule has 0 fully saturated rings. The van der Waals surface area contributed by atoms with E-state index in [0.29, 0.717) is 34.1 Å². The van der Waals surface area contributed by atoms with Gasteiger partial charge < -0.3 is 9.84 Å². The van der Waals surface area contributed by atoms with Crippen LogP contribution in [0.4, 0.5) is 4.39 Å². The van der Waals surface area contributed by atoms with Crippen LogP contribution in [-0.2, 0) is 0 Å². The summed E-state index contributed by atoms with van der Waals surface area (Å²) in [5, 5.41) is 9.39. The average Bonchev–Trinajstić information content (AvgIpc) is 2.46. The molecule has 21 heavy (non-hydrogen) atoms. The number of rotatable bonds is 2. The molecule has 0 aromatic heterocycles. The van der Waals surface area contributed by atoms with Crippen molar-refractivity contribution in [3.63, 3.8) is 0 Å². The van der Waals surface area contributed by atoms with Crippen LogP contribution in [-0.4, -0.2) is 17.7 Å². The van der Waals surface area contributed by atoms with Gasteiger partial charge in [-0.25, -0.2) is 9.18 Å². The zero-order valence-electron chi connectivity index (χ0n) is 10.8. The van der Waals surface area contributed by atoms with E-state index in [4.69, 9.17) is 21.4 Å². The van der Waals surface area contributed by atoms with E-state index in [1.54, 1.807) is 24.3 Å². The first kappa shape index (κ1) is 13.6. The quantitative estimate of drug-likeness (QED) is 0.912. The van der Waals surface area contributed by atoms with Gasteiger partial charge in [0.25, 0.3) is 0 Å². The van der Waals surface area contributed by atoms with Gasteiger partial charge in [0, 0.05) is 16.1 Å². The maximum Gasteiger partial charge on any atom is 0.335 e. The van der Waals surface area contributed by atoms with Crippen LogP contribution in [0.3, 0.4) is 0 Å². The Kier molecular flexibility index (Phi) is 3.39. The molecule has 3 nitrogen and oxygen atoms in total. The normalized spacial score (nSPS) is 13.1. The summed E-state index contributed by atoms with van der Waals surface area (Å²) in [6.07, 6.45) is 1.72. The van der Waals surface area contributed by atoms with Crippen LogP contribution >= 0.6 is 11.6 Å². The number of carboxylic acid groups (broad SMARTS) is 1. The van der Waals surface area contributed by atoms with E-state index in [2.05, 4.69) is 0 Å². The number of carbonyl (C=O) groups is 1. The first-order valence-electron chi connectivity index (χ1n) is 6.22. The molecule has 0 bridgehead atoms. The molecule has 1 aliphatic rings. The van der Waals surface area contributed by atoms with Crippen LogP contribution in [0.25, 0.3) is 5.57 Å². The Balaban J connectivity index is 2.16. The highest BCUT2D eigenvalue weighted by atomic mass is 35.5. The zero-order chi connectivity index (χ0) is 15.0. The molecule has 1 heterocycles. The first-order valence-corrected chi connectivity index (χ1v) is 6.60. The summed E-state index contributed by atoms with van der Waals surface area (Å²) < 4.78 is 19.6. The summed E-state index contributed by atoms with van der Waals surface area (Å²) >= 11 is 5.76. The van der Waals surface area contributed by atoms with Gasteiger partial charge in [-0.05, 0) is 48.0 Å². The molecule has 2 aromatic rings. The summed E-state index contributed by atoms with van der Waals surface area (Å²) in [5.41, 5.74) is 1.65. The van der Waals surface area contributed by atoms with E-state index in [-0.39, 0.29) is 5.56 Å². The Hall–Kier alpha value is -2.33. The van der Waals surface area contributed by atoms with Crippen molar-refractivity contribution < 1.29 is 19.0 Å². The zero-order valence-corrected chi connectivity index (χ0v) is 11.5. The molecule has 0 aliphatic carbocycles. The Morgan fingerprint density at radius 3 is 2.71 bits per heavy atom. The van der Waals surface area contributed by atoms with Gasteiger partial charge in [-0.3, -0.25) is 0 Å². The minimum absolute atomic E-state index is 0.125. The average molecular weight is 305 g/mol. The smallest absolute Gasteiger partial charge is 0.335 e. The van der Waals surface area contributed by atoms with Crippen LogP contribution in [0.5, 0.6) is 5.75 Å². The largest absolute Gasteiger partial charge is 0.489 e. The lowest BCUT2D eigenvalue weighted by Crippen LogP contribution is -2.08. The number of carboxylic acids is 1. The standard InChI is InChI=1S/C16H10ClFO3/c17-10-2-3-12(14(18)8-10)11-5-6-21-15-4-1-9(16(19)20)7-13(11)15/h1-5,7-8H,6H2,(H,19,20). The molecule has 0 atom stereocenters. The third-order valence-electron chi connectivity index (χ3n) is 3.26. The second-order valence-corrected chi connectivity index (χ2v) is 5.01. The Labute approximate surface area is 125 Å². The van der Waals surface area contributed by atoms with E-state index >= 15 is 0 Å². The number of aromatic carboxylic acids is 1. The number of halogens is 2. The fraction of sp³-hybridized carbons (Fsp3) is 0.0625. The molecule has 3 rings (SSSR count). The second kappa shape index (κ2) is 5.22. The van der Waals surface area contributed by atoms with Gasteiger partial charge in [0.05, 0.1) is 5.56 Å². The molecule has 0 spiro atoms. The van der Waals surface area contributed by atoms with Gasteiger partial charge in [-0.1, -0.05) is 11.6 Å². The highest BCUT2D eigenvalue weighted by molar-refractivity contribution is 6.30. The highest BCUT2D eigenvalue weighted by Gasteiger charge is 2.20. The maximum atomic E-state index is 14.1. The van der Waals surface area contributed by atoms with Crippen LogP contribution in [0.15, 0.2) is 42.5 Å². The lowest BCUT2D eigenvalue weighted by Gasteiger charge is -2.20. The molecule has 0 unspecified atom stereocenters. The molecule has 5 heteroatoms. The van der Waals surface area contributed by atoms with Crippen molar-refractivity contribution in [3.8, 4) is 5.75 Å². The van der Waals surface area contributed by atoms with Gasteiger partial charge in [-0.2, -0.15) is 0 Å². The van der Waals surface area contributed by atoms with Gasteiger partial charge in [0.1, 0.15) is 18.2 Å². The van der Waals surface area contributed by atoms with Crippen molar-refractivity contribution >= 4 is 23.1 Å².